The Kier molecular flexibility index (Phi) is 19.1. The molecule has 17 nitrogen and oxygen atoms in total. The lowest BCUT2D eigenvalue weighted by atomic mass is 9.85. The summed E-state index contributed by atoms with van der Waals surface area (Å²) in [6.45, 7) is 9.55. The Bertz CT molecular complexity index is 2870. The lowest BCUT2D eigenvalue weighted by Gasteiger charge is -2.36. The largest absolute Gasteiger partial charge is 0.489 e. The van der Waals surface area contributed by atoms with Crippen LogP contribution in [0.15, 0.2) is 109 Å². The van der Waals surface area contributed by atoms with Crippen molar-refractivity contribution in [3.63, 3.8) is 0 Å². The highest BCUT2D eigenvalue weighted by Gasteiger charge is 2.46. The molecule has 0 radical (unpaired) electrons. The van der Waals surface area contributed by atoms with Gasteiger partial charge in [-0.25, -0.2) is 0 Å². The van der Waals surface area contributed by atoms with Gasteiger partial charge >= 0.3 is 0 Å². The highest BCUT2D eigenvalue weighted by molar-refractivity contribution is 5.97. The highest BCUT2D eigenvalue weighted by atomic mass is 16.5. The van der Waals surface area contributed by atoms with E-state index in [1.807, 2.05) is 75.4 Å². The number of carbonyl (C=O) groups excluding carboxylic acids is 7. The number of benzene rings is 4. The smallest absolute Gasteiger partial charge is 0.251 e. The summed E-state index contributed by atoms with van der Waals surface area (Å²) in [5.41, 5.74) is 5.87. The molecular weight excluding hydrogens is 999 g/mol. The van der Waals surface area contributed by atoms with Gasteiger partial charge in [-0.05, 0) is 142 Å². The molecule has 4 aromatic carbocycles. The summed E-state index contributed by atoms with van der Waals surface area (Å²) in [4.78, 5) is 101. The maximum atomic E-state index is 14.6. The van der Waals surface area contributed by atoms with Gasteiger partial charge in [0.2, 0.25) is 35.4 Å². The SMILES string of the molecule is CN[C@@H](C)C(=O)N[C@@H](Cc1ccc(OCc2ccc(C(=O)NC3C[C@@H](C(=O)NC4CCCc5ccccc54)N(C(=O)[C@@H](NC(=O)[C@H](C)NC)C(C)(C)C)C3)cc2)cc1)C(=O)N1CC=CCC1C(=O)N[C@@H]1CCCc2ccccc21. The number of rotatable bonds is 19. The zero-order valence-electron chi connectivity index (χ0n) is 46.7. The number of likely N-dealkylation sites (N-methyl/N-ethyl adjacent to an activating group) is 2. The molecule has 17 heteroatoms. The summed E-state index contributed by atoms with van der Waals surface area (Å²) < 4.78 is 6.16. The first kappa shape index (κ1) is 57.8. The van der Waals surface area contributed by atoms with Gasteiger partial charge in [-0.1, -0.05) is 106 Å². The number of aryl methyl sites for hydroxylation is 2. The molecule has 3 unspecified atom stereocenters. The number of ether oxygens (including phenoxy) is 1. The van der Waals surface area contributed by atoms with E-state index in [0.29, 0.717) is 17.7 Å². The zero-order valence-corrected chi connectivity index (χ0v) is 46.7. The first-order valence-corrected chi connectivity index (χ1v) is 28.0. The molecule has 0 aromatic heterocycles. The van der Waals surface area contributed by atoms with Crippen LogP contribution in [0.5, 0.6) is 5.75 Å². The minimum atomic E-state index is -0.948. The Morgan fingerprint density at radius 2 is 1.19 bits per heavy atom. The standard InChI is InChI=1S/C62H79N9O8/c1-38(63-6)55(72)68-51(60(77)70-33-13-12-24-52(70)58(75)66-49-22-14-18-42-16-8-10-20-47(42)49)34-40-27-31-46(32-28-40)79-37-41-25-29-44(30-26-41)57(74)65-45-35-53(59(76)67-50-23-15-19-43-17-9-11-21-48(43)50)71(36-45)61(78)54(62(3,4)5)69-56(73)39(2)64-7/h8-13,16-17,20-21,25-32,38-39,45,49-54,63-64H,14-15,18-19,22-24,33-37H2,1-7H3,(H,65,74)(H,66,75)(H,67,76)(H,68,72)(H,69,73)/t38-,39-,45?,49+,50?,51-,52?,53-,54+/m0/s1. The van der Waals surface area contributed by atoms with Gasteiger partial charge in [0, 0.05) is 31.1 Å². The monoisotopic (exact) mass is 1080 g/mol. The number of amides is 7. The van der Waals surface area contributed by atoms with Crippen molar-refractivity contribution in [1.82, 2.24) is 47.0 Å². The van der Waals surface area contributed by atoms with E-state index < -0.39 is 53.6 Å². The second-order valence-corrected chi connectivity index (χ2v) is 22.7. The molecule has 0 bridgehead atoms. The van der Waals surface area contributed by atoms with Crippen molar-refractivity contribution in [2.24, 2.45) is 5.41 Å². The maximum Gasteiger partial charge on any atom is 0.251 e. The van der Waals surface area contributed by atoms with Crippen LogP contribution in [0.4, 0.5) is 0 Å². The molecule has 79 heavy (non-hydrogen) atoms. The van der Waals surface area contributed by atoms with Crippen molar-refractivity contribution in [3.8, 4) is 5.75 Å². The van der Waals surface area contributed by atoms with Crippen molar-refractivity contribution >= 4 is 41.4 Å². The van der Waals surface area contributed by atoms with E-state index in [2.05, 4.69) is 55.4 Å². The molecule has 1 saturated heterocycles. The minimum absolute atomic E-state index is 0.0749. The Labute approximate surface area is 464 Å². The molecule has 0 spiro atoms. The third-order valence-electron chi connectivity index (χ3n) is 16.0. The van der Waals surface area contributed by atoms with Crippen LogP contribution >= 0.6 is 0 Å². The van der Waals surface area contributed by atoms with Gasteiger partial charge in [0.05, 0.1) is 24.2 Å². The Balaban J connectivity index is 0.893. The Morgan fingerprint density at radius 3 is 1.77 bits per heavy atom. The first-order chi connectivity index (χ1) is 37.9. The van der Waals surface area contributed by atoms with Crippen LogP contribution in [0.25, 0.3) is 0 Å². The topological polar surface area (TPSA) is 219 Å². The van der Waals surface area contributed by atoms with E-state index >= 15 is 0 Å². The summed E-state index contributed by atoms with van der Waals surface area (Å²) in [5.74, 6) is -1.73. The fourth-order valence-corrected chi connectivity index (χ4v) is 11.1. The average molecular weight is 1080 g/mol. The van der Waals surface area contributed by atoms with E-state index in [-0.39, 0.29) is 80.1 Å². The van der Waals surface area contributed by atoms with E-state index in [4.69, 9.17) is 4.74 Å². The summed E-state index contributed by atoms with van der Waals surface area (Å²) in [6, 6.07) is 25.0. The second kappa shape index (κ2) is 26.1. The summed E-state index contributed by atoms with van der Waals surface area (Å²) in [5, 5.41) is 21.3. The van der Waals surface area contributed by atoms with E-state index in [1.165, 1.54) is 16.0 Å². The van der Waals surface area contributed by atoms with Crippen LogP contribution < -0.4 is 42.0 Å². The molecule has 7 N–H and O–H groups in total. The Morgan fingerprint density at radius 1 is 0.633 bits per heavy atom. The molecule has 9 atom stereocenters. The lowest BCUT2D eigenvalue weighted by Crippen LogP contribution is -2.59. The summed E-state index contributed by atoms with van der Waals surface area (Å²) in [7, 11) is 3.35. The normalized spacial score (nSPS) is 21.2. The van der Waals surface area contributed by atoms with Crippen molar-refractivity contribution in [2.45, 2.75) is 153 Å². The summed E-state index contributed by atoms with van der Waals surface area (Å²) in [6.07, 6.45) is 9.89. The first-order valence-electron chi connectivity index (χ1n) is 28.0. The number of hydrogen-bond acceptors (Lipinski definition) is 10. The number of fused-ring (bicyclic) bond motifs is 2. The second-order valence-electron chi connectivity index (χ2n) is 22.7. The fourth-order valence-electron chi connectivity index (χ4n) is 11.1. The van der Waals surface area contributed by atoms with Crippen molar-refractivity contribution in [3.05, 3.63) is 148 Å². The molecule has 2 aliphatic heterocycles. The number of hydrogen-bond donors (Lipinski definition) is 7. The summed E-state index contributed by atoms with van der Waals surface area (Å²) >= 11 is 0. The fraction of sp³-hybridized carbons (Fsp3) is 0.468. The van der Waals surface area contributed by atoms with Crippen LogP contribution in [0.1, 0.15) is 129 Å². The highest BCUT2D eigenvalue weighted by Crippen LogP contribution is 2.33. The molecule has 1 fully saturated rings. The number of nitrogens with zero attached hydrogens (tertiary/aromatic N) is 2. The van der Waals surface area contributed by atoms with Crippen LogP contribution in [0.2, 0.25) is 0 Å². The van der Waals surface area contributed by atoms with E-state index in [9.17, 15) is 33.6 Å². The van der Waals surface area contributed by atoms with Crippen LogP contribution in [0, 0.1) is 5.41 Å². The van der Waals surface area contributed by atoms with Gasteiger partial charge in [0.25, 0.3) is 5.91 Å². The molecule has 420 valence electrons. The van der Waals surface area contributed by atoms with Crippen molar-refractivity contribution in [2.75, 3.05) is 27.2 Å². The van der Waals surface area contributed by atoms with Gasteiger partial charge in [-0.15, -0.1) is 0 Å². The average Bonchev–Trinajstić information content (AvgIpc) is 4.06. The van der Waals surface area contributed by atoms with Crippen molar-refractivity contribution < 1.29 is 38.3 Å². The van der Waals surface area contributed by atoms with Crippen LogP contribution in [-0.2, 0) is 54.6 Å². The third kappa shape index (κ3) is 14.3. The minimum Gasteiger partial charge on any atom is -0.489 e. The molecule has 2 aliphatic carbocycles. The zero-order chi connectivity index (χ0) is 56.4. The lowest BCUT2D eigenvalue weighted by molar-refractivity contribution is -0.144. The third-order valence-corrected chi connectivity index (χ3v) is 16.0. The quantitative estimate of drug-likeness (QED) is 0.0603. The van der Waals surface area contributed by atoms with Crippen molar-refractivity contribution in [1.29, 1.82) is 0 Å². The van der Waals surface area contributed by atoms with Gasteiger partial charge in [0.15, 0.2) is 0 Å². The molecule has 2 heterocycles. The molecule has 7 amide bonds. The molecule has 4 aliphatic rings. The molecule has 4 aromatic rings. The van der Waals surface area contributed by atoms with Gasteiger partial charge in [0.1, 0.15) is 36.5 Å². The van der Waals surface area contributed by atoms with E-state index in [1.54, 1.807) is 69.2 Å². The van der Waals surface area contributed by atoms with Crippen LogP contribution in [-0.4, -0.2) is 121 Å². The van der Waals surface area contributed by atoms with Gasteiger partial charge < -0.3 is 51.8 Å². The van der Waals surface area contributed by atoms with Gasteiger partial charge in [-0.3, -0.25) is 33.6 Å². The van der Waals surface area contributed by atoms with Gasteiger partial charge in [-0.2, -0.15) is 0 Å². The molecule has 0 saturated carbocycles. The number of carbonyl (C=O) groups is 7. The molecule has 8 rings (SSSR count). The maximum absolute atomic E-state index is 14.6. The predicted octanol–water partition coefficient (Wildman–Crippen LogP) is 5.28. The number of nitrogens with one attached hydrogen (secondary N) is 7. The predicted molar refractivity (Wildman–Crippen MR) is 302 cm³/mol. The number of likely N-dealkylation sites (tertiary alicyclic amines) is 1. The molecular formula is C62H79N9O8. The van der Waals surface area contributed by atoms with Crippen LogP contribution in [0.3, 0.4) is 0 Å². The Hall–Kier alpha value is -7.37. The van der Waals surface area contributed by atoms with E-state index in [0.717, 1.165) is 60.8 Å².